The minimum atomic E-state index is -0.118. The summed E-state index contributed by atoms with van der Waals surface area (Å²) in [6, 6.07) is 6.92. The number of piperazine rings is 1. The van der Waals surface area contributed by atoms with Crippen LogP contribution in [0.5, 0.6) is 0 Å². The number of carbonyl (C=O) groups excluding carboxylic acids is 2. The minimum Gasteiger partial charge on any atom is -0.322 e. The van der Waals surface area contributed by atoms with Crippen molar-refractivity contribution in [1.29, 1.82) is 0 Å². The molecule has 1 aromatic heterocycles. The van der Waals surface area contributed by atoms with Crippen LogP contribution in [0.1, 0.15) is 34.9 Å². The Morgan fingerprint density at radius 2 is 2.00 bits per heavy atom. The average molecular weight is 372 g/mol. The summed E-state index contributed by atoms with van der Waals surface area (Å²) in [5.74, 6) is -0.0111. The highest BCUT2D eigenvalue weighted by Crippen LogP contribution is 2.15. The Morgan fingerprint density at radius 3 is 2.65 bits per heavy atom. The van der Waals surface area contributed by atoms with Crippen LogP contribution in [-0.4, -0.2) is 52.8 Å². The maximum absolute atomic E-state index is 12.5. The van der Waals surface area contributed by atoms with Gasteiger partial charge in [-0.15, -0.1) is 11.3 Å². The monoisotopic (exact) mass is 372 g/mol. The van der Waals surface area contributed by atoms with Crippen LogP contribution in [0.25, 0.3) is 0 Å². The number of aromatic nitrogens is 1. The summed E-state index contributed by atoms with van der Waals surface area (Å²) in [5.41, 5.74) is 2.37. The zero-order valence-electron chi connectivity index (χ0n) is 15.2. The summed E-state index contributed by atoms with van der Waals surface area (Å²) in [5, 5.41) is 6.18. The first-order valence-corrected chi connectivity index (χ1v) is 9.75. The number of nitrogens with zero attached hydrogens (tertiary/aromatic N) is 3. The van der Waals surface area contributed by atoms with Crippen molar-refractivity contribution >= 4 is 28.8 Å². The van der Waals surface area contributed by atoms with E-state index < -0.39 is 0 Å². The van der Waals surface area contributed by atoms with E-state index in [2.05, 4.69) is 27.5 Å². The van der Waals surface area contributed by atoms with E-state index in [1.54, 1.807) is 35.6 Å². The molecule has 0 unspecified atom stereocenters. The van der Waals surface area contributed by atoms with Crippen molar-refractivity contribution in [3.63, 3.8) is 0 Å². The molecular formula is C19H24N4O2S. The van der Waals surface area contributed by atoms with Crippen LogP contribution in [0, 0.1) is 0 Å². The van der Waals surface area contributed by atoms with Crippen LogP contribution in [0.3, 0.4) is 0 Å². The number of amides is 2. The largest absolute Gasteiger partial charge is 0.322 e. The fraction of sp³-hybridized carbons (Fsp3) is 0.421. The molecule has 2 heterocycles. The second-order valence-corrected chi connectivity index (χ2v) is 7.36. The van der Waals surface area contributed by atoms with E-state index in [1.807, 2.05) is 4.90 Å². The molecule has 2 aromatic rings. The van der Waals surface area contributed by atoms with Crippen molar-refractivity contribution in [2.75, 3.05) is 31.5 Å². The lowest BCUT2D eigenvalue weighted by atomic mass is 10.1. The molecule has 0 aliphatic carbocycles. The standard InChI is InChI=1S/C19H24N4O2S/c1-3-18-20-17(13-26-18)12-22-7-9-23(10-8-22)19(25)21-16-6-4-5-15(11-16)14(2)24/h4-6,11,13H,3,7-10,12H2,1-2H3,(H,21,25). The first kappa shape index (κ1) is 18.5. The minimum absolute atomic E-state index is 0.0111. The molecule has 0 bridgehead atoms. The van der Waals surface area contributed by atoms with E-state index in [4.69, 9.17) is 0 Å². The molecular weight excluding hydrogens is 348 g/mol. The number of benzene rings is 1. The van der Waals surface area contributed by atoms with Crippen molar-refractivity contribution in [2.45, 2.75) is 26.8 Å². The fourth-order valence-corrected chi connectivity index (χ4v) is 3.68. The van der Waals surface area contributed by atoms with Crippen molar-refractivity contribution in [3.8, 4) is 0 Å². The van der Waals surface area contributed by atoms with Gasteiger partial charge in [-0.05, 0) is 25.5 Å². The van der Waals surface area contributed by atoms with Gasteiger partial charge >= 0.3 is 6.03 Å². The highest BCUT2D eigenvalue weighted by atomic mass is 32.1. The highest BCUT2D eigenvalue weighted by Gasteiger charge is 2.21. The lowest BCUT2D eigenvalue weighted by Gasteiger charge is -2.34. The zero-order valence-corrected chi connectivity index (χ0v) is 16.0. The van der Waals surface area contributed by atoms with Crippen molar-refractivity contribution in [3.05, 3.63) is 45.9 Å². The molecule has 3 rings (SSSR count). The van der Waals surface area contributed by atoms with Crippen LogP contribution in [0.4, 0.5) is 10.5 Å². The number of urea groups is 1. The van der Waals surface area contributed by atoms with Crippen LogP contribution < -0.4 is 5.32 Å². The molecule has 1 aliphatic heterocycles. The Labute approximate surface area is 157 Å². The topological polar surface area (TPSA) is 65.5 Å². The Bertz CT molecular complexity index is 781. The fourth-order valence-electron chi connectivity index (χ4n) is 2.94. The van der Waals surface area contributed by atoms with Crippen LogP contribution >= 0.6 is 11.3 Å². The first-order valence-electron chi connectivity index (χ1n) is 8.87. The van der Waals surface area contributed by atoms with Gasteiger partial charge in [0.1, 0.15) is 0 Å². The summed E-state index contributed by atoms with van der Waals surface area (Å²) in [6.07, 6.45) is 0.976. The van der Waals surface area contributed by atoms with Crippen molar-refractivity contribution in [2.24, 2.45) is 0 Å². The second kappa shape index (κ2) is 8.42. The molecule has 1 aromatic carbocycles. The van der Waals surface area contributed by atoms with Gasteiger partial charge in [0.15, 0.2) is 5.78 Å². The van der Waals surface area contributed by atoms with Gasteiger partial charge in [-0.2, -0.15) is 0 Å². The van der Waals surface area contributed by atoms with E-state index in [0.717, 1.165) is 31.7 Å². The van der Waals surface area contributed by atoms with Gasteiger partial charge in [-0.25, -0.2) is 9.78 Å². The third kappa shape index (κ3) is 4.68. The van der Waals surface area contributed by atoms with Gasteiger partial charge in [0.05, 0.1) is 10.7 Å². The summed E-state index contributed by atoms with van der Waals surface area (Å²) in [7, 11) is 0. The summed E-state index contributed by atoms with van der Waals surface area (Å²) >= 11 is 1.71. The smallest absolute Gasteiger partial charge is 0.321 e. The van der Waals surface area contributed by atoms with E-state index in [9.17, 15) is 9.59 Å². The Morgan fingerprint density at radius 1 is 1.23 bits per heavy atom. The number of aryl methyl sites for hydroxylation is 1. The molecule has 0 radical (unpaired) electrons. The molecule has 0 saturated carbocycles. The van der Waals surface area contributed by atoms with Gasteiger partial charge < -0.3 is 10.2 Å². The van der Waals surface area contributed by atoms with E-state index in [1.165, 1.54) is 11.9 Å². The average Bonchev–Trinajstić information content (AvgIpc) is 3.10. The number of nitrogens with one attached hydrogen (secondary N) is 1. The Kier molecular flexibility index (Phi) is 6.00. The third-order valence-electron chi connectivity index (χ3n) is 4.47. The first-order chi connectivity index (χ1) is 12.5. The Balaban J connectivity index is 1.50. The second-order valence-electron chi connectivity index (χ2n) is 6.42. The highest BCUT2D eigenvalue weighted by molar-refractivity contribution is 7.09. The quantitative estimate of drug-likeness (QED) is 0.818. The zero-order chi connectivity index (χ0) is 18.5. The molecule has 1 N–H and O–H groups in total. The maximum Gasteiger partial charge on any atom is 0.321 e. The van der Waals surface area contributed by atoms with Crippen LogP contribution in [-0.2, 0) is 13.0 Å². The lowest BCUT2D eigenvalue weighted by Crippen LogP contribution is -2.49. The number of hydrogen-bond acceptors (Lipinski definition) is 5. The predicted octanol–water partition coefficient (Wildman–Crippen LogP) is 3.26. The molecule has 6 nitrogen and oxygen atoms in total. The summed E-state index contributed by atoms with van der Waals surface area (Å²) in [4.78, 5) is 32.7. The molecule has 1 fully saturated rings. The summed E-state index contributed by atoms with van der Waals surface area (Å²) < 4.78 is 0. The number of rotatable bonds is 5. The van der Waals surface area contributed by atoms with Gasteiger partial charge in [0.25, 0.3) is 0 Å². The predicted molar refractivity (Wildman–Crippen MR) is 104 cm³/mol. The Hall–Kier alpha value is -2.25. The molecule has 0 spiro atoms. The lowest BCUT2D eigenvalue weighted by molar-refractivity contribution is 0.101. The molecule has 1 saturated heterocycles. The normalized spacial score (nSPS) is 15.1. The van der Waals surface area contributed by atoms with Gasteiger partial charge in [-0.3, -0.25) is 9.69 Å². The molecule has 7 heteroatoms. The van der Waals surface area contributed by atoms with E-state index >= 15 is 0 Å². The van der Waals surface area contributed by atoms with Crippen LogP contribution in [0.2, 0.25) is 0 Å². The van der Waals surface area contributed by atoms with Gasteiger partial charge in [0.2, 0.25) is 0 Å². The van der Waals surface area contributed by atoms with E-state index in [0.29, 0.717) is 24.3 Å². The summed E-state index contributed by atoms with van der Waals surface area (Å²) in [6.45, 7) is 7.51. The van der Waals surface area contributed by atoms with Crippen molar-refractivity contribution in [1.82, 2.24) is 14.8 Å². The molecule has 26 heavy (non-hydrogen) atoms. The van der Waals surface area contributed by atoms with Crippen LogP contribution in [0.15, 0.2) is 29.6 Å². The number of anilines is 1. The molecule has 1 aliphatic rings. The number of Topliss-reactive ketones (excluding diaryl/α,β-unsaturated/α-hetero) is 1. The molecule has 0 atom stereocenters. The van der Waals surface area contributed by atoms with E-state index in [-0.39, 0.29) is 11.8 Å². The maximum atomic E-state index is 12.5. The number of thiazole rings is 1. The molecule has 138 valence electrons. The van der Waals surface area contributed by atoms with Gasteiger partial charge in [-0.1, -0.05) is 19.1 Å². The number of ketones is 1. The third-order valence-corrected chi connectivity index (χ3v) is 5.51. The number of carbonyl (C=O) groups is 2. The van der Waals surface area contributed by atoms with Gasteiger partial charge in [0, 0.05) is 49.4 Å². The SMILES string of the molecule is CCc1nc(CN2CCN(C(=O)Nc3cccc(C(C)=O)c3)CC2)cs1. The van der Waals surface area contributed by atoms with Crippen molar-refractivity contribution < 1.29 is 9.59 Å². The number of hydrogen-bond donors (Lipinski definition) is 1. The molecule has 2 amide bonds.